The molecule has 0 spiro atoms. The van der Waals surface area contributed by atoms with Gasteiger partial charge in [0.25, 0.3) is 5.56 Å². The van der Waals surface area contributed by atoms with Gasteiger partial charge in [-0.2, -0.15) is 0 Å². The fraction of sp³-hybridized carbons (Fsp3) is 0.571. The Morgan fingerprint density at radius 1 is 1.12 bits per heavy atom. The van der Waals surface area contributed by atoms with E-state index in [2.05, 4.69) is 30.6 Å². The fourth-order valence-electron chi connectivity index (χ4n) is 3.82. The number of pyridine rings is 1. The molecule has 0 atom stereocenters. The molecule has 3 rings (SSSR count). The zero-order chi connectivity index (χ0) is 18.9. The van der Waals surface area contributed by atoms with Gasteiger partial charge in [-0.05, 0) is 44.7 Å². The van der Waals surface area contributed by atoms with Gasteiger partial charge in [0.2, 0.25) is 0 Å². The van der Waals surface area contributed by atoms with E-state index in [-0.39, 0.29) is 16.5 Å². The van der Waals surface area contributed by atoms with Crippen LogP contribution in [0.15, 0.2) is 29.1 Å². The van der Waals surface area contributed by atoms with Crippen LogP contribution in [0.25, 0.3) is 10.8 Å². The SMILES string of the molecule is CCCn1c(CN2CCN(C(C)(C)C)CC2)cc2cccc(F)c2c1=O. The molecule has 1 aliphatic rings. The standard InChI is InChI=1S/C21H30FN3O/c1-5-9-25-17(14-16-7-6-8-18(22)19(16)20(25)26)15-23-10-12-24(13-11-23)21(2,3)4/h6-8,14H,5,9-13,15H2,1-4H3. The quantitative estimate of drug-likeness (QED) is 0.837. The summed E-state index contributed by atoms with van der Waals surface area (Å²) in [4.78, 5) is 17.8. The molecule has 2 heterocycles. The number of hydrogen-bond acceptors (Lipinski definition) is 3. The van der Waals surface area contributed by atoms with Crippen LogP contribution >= 0.6 is 0 Å². The fourth-order valence-corrected chi connectivity index (χ4v) is 3.82. The lowest BCUT2D eigenvalue weighted by molar-refractivity contribution is 0.0580. The van der Waals surface area contributed by atoms with E-state index < -0.39 is 5.82 Å². The Hall–Kier alpha value is -1.72. The molecule has 1 aromatic carbocycles. The van der Waals surface area contributed by atoms with E-state index in [0.29, 0.717) is 11.9 Å². The van der Waals surface area contributed by atoms with Crippen LogP contribution in [0.1, 0.15) is 39.8 Å². The number of nitrogens with zero attached hydrogens (tertiary/aromatic N) is 3. The molecule has 26 heavy (non-hydrogen) atoms. The van der Waals surface area contributed by atoms with Crippen molar-refractivity contribution in [2.45, 2.75) is 52.7 Å². The number of rotatable bonds is 4. The zero-order valence-electron chi connectivity index (χ0n) is 16.4. The number of piperazine rings is 1. The topological polar surface area (TPSA) is 28.5 Å². The Balaban J connectivity index is 1.88. The maximum atomic E-state index is 14.2. The molecular formula is C21H30FN3O. The molecular weight excluding hydrogens is 329 g/mol. The summed E-state index contributed by atoms with van der Waals surface area (Å²) in [6.07, 6.45) is 0.852. The summed E-state index contributed by atoms with van der Waals surface area (Å²) in [5.41, 5.74) is 0.974. The van der Waals surface area contributed by atoms with Gasteiger partial charge in [-0.1, -0.05) is 19.1 Å². The summed E-state index contributed by atoms with van der Waals surface area (Å²) in [7, 11) is 0. The minimum atomic E-state index is -0.428. The highest BCUT2D eigenvalue weighted by atomic mass is 19.1. The third-order valence-corrected chi connectivity index (χ3v) is 5.33. The van der Waals surface area contributed by atoms with Gasteiger partial charge < -0.3 is 4.57 Å². The Morgan fingerprint density at radius 2 is 1.81 bits per heavy atom. The molecule has 1 fully saturated rings. The van der Waals surface area contributed by atoms with Crippen LogP contribution in [-0.4, -0.2) is 46.1 Å². The number of fused-ring (bicyclic) bond motifs is 1. The zero-order valence-corrected chi connectivity index (χ0v) is 16.4. The first-order valence-electron chi connectivity index (χ1n) is 9.59. The monoisotopic (exact) mass is 359 g/mol. The predicted molar refractivity (Wildman–Crippen MR) is 105 cm³/mol. The second-order valence-electron chi connectivity index (χ2n) is 8.23. The lowest BCUT2D eigenvalue weighted by Crippen LogP contribution is -2.53. The smallest absolute Gasteiger partial charge is 0.261 e. The first-order chi connectivity index (χ1) is 12.3. The number of hydrogen-bond donors (Lipinski definition) is 0. The maximum absolute atomic E-state index is 14.2. The van der Waals surface area contributed by atoms with E-state index >= 15 is 0 Å². The molecule has 0 aliphatic carbocycles. The largest absolute Gasteiger partial charge is 0.311 e. The van der Waals surface area contributed by atoms with Crippen molar-refractivity contribution in [1.82, 2.24) is 14.4 Å². The molecule has 1 aliphatic heterocycles. The van der Waals surface area contributed by atoms with Gasteiger partial charge >= 0.3 is 0 Å². The molecule has 2 aromatic rings. The number of benzene rings is 1. The third kappa shape index (κ3) is 3.84. The highest BCUT2D eigenvalue weighted by Crippen LogP contribution is 2.20. The number of halogens is 1. The van der Waals surface area contributed by atoms with Crippen LogP contribution in [-0.2, 0) is 13.1 Å². The summed E-state index contributed by atoms with van der Waals surface area (Å²) in [6.45, 7) is 14.2. The highest BCUT2D eigenvalue weighted by molar-refractivity contribution is 5.82. The van der Waals surface area contributed by atoms with E-state index in [1.165, 1.54) is 6.07 Å². The van der Waals surface area contributed by atoms with Gasteiger partial charge in [-0.15, -0.1) is 0 Å². The van der Waals surface area contributed by atoms with Gasteiger partial charge in [0.05, 0.1) is 5.39 Å². The molecule has 0 N–H and O–H groups in total. The maximum Gasteiger partial charge on any atom is 0.261 e. The summed E-state index contributed by atoms with van der Waals surface area (Å²) in [5, 5.41) is 0.910. The summed E-state index contributed by atoms with van der Waals surface area (Å²) < 4.78 is 15.9. The van der Waals surface area contributed by atoms with Crippen LogP contribution in [0.3, 0.4) is 0 Å². The number of aromatic nitrogens is 1. The van der Waals surface area contributed by atoms with Crippen LogP contribution in [0.5, 0.6) is 0 Å². The highest BCUT2D eigenvalue weighted by Gasteiger charge is 2.26. The van der Waals surface area contributed by atoms with Crippen LogP contribution in [0, 0.1) is 5.82 Å². The third-order valence-electron chi connectivity index (χ3n) is 5.33. The van der Waals surface area contributed by atoms with Crippen molar-refractivity contribution < 1.29 is 4.39 Å². The Bertz CT molecular complexity index is 829. The second-order valence-corrected chi connectivity index (χ2v) is 8.23. The van der Waals surface area contributed by atoms with Crippen LogP contribution in [0.2, 0.25) is 0 Å². The van der Waals surface area contributed by atoms with Gasteiger partial charge in [-0.25, -0.2) is 4.39 Å². The molecule has 0 bridgehead atoms. The van der Waals surface area contributed by atoms with Crippen molar-refractivity contribution in [2.24, 2.45) is 0 Å². The molecule has 0 radical (unpaired) electrons. The second kappa shape index (κ2) is 7.49. The summed E-state index contributed by atoms with van der Waals surface area (Å²) in [6, 6.07) is 6.86. The van der Waals surface area contributed by atoms with E-state index in [0.717, 1.165) is 44.8 Å². The molecule has 142 valence electrons. The Morgan fingerprint density at radius 3 is 2.42 bits per heavy atom. The molecule has 0 unspecified atom stereocenters. The first kappa shape index (κ1) is 19.1. The van der Waals surface area contributed by atoms with Gasteiger partial charge in [0.1, 0.15) is 5.82 Å². The summed E-state index contributed by atoms with van der Waals surface area (Å²) >= 11 is 0. The Kier molecular flexibility index (Phi) is 5.49. The molecule has 5 heteroatoms. The normalized spacial score (nSPS) is 17.1. The molecule has 0 saturated carbocycles. The molecule has 1 aromatic heterocycles. The lowest BCUT2D eigenvalue weighted by atomic mass is 10.0. The van der Waals surface area contributed by atoms with Crippen molar-refractivity contribution in [1.29, 1.82) is 0 Å². The predicted octanol–water partition coefficient (Wildman–Crippen LogP) is 3.47. The van der Waals surface area contributed by atoms with Crippen molar-refractivity contribution in [3.05, 3.63) is 46.1 Å². The Labute approximate surface area is 155 Å². The van der Waals surface area contributed by atoms with Crippen molar-refractivity contribution in [3.8, 4) is 0 Å². The van der Waals surface area contributed by atoms with Crippen LogP contribution in [0.4, 0.5) is 4.39 Å². The van der Waals surface area contributed by atoms with Crippen LogP contribution < -0.4 is 5.56 Å². The minimum absolute atomic E-state index is 0.191. The average Bonchev–Trinajstić information content (AvgIpc) is 2.58. The van der Waals surface area contributed by atoms with E-state index in [1.54, 1.807) is 10.6 Å². The van der Waals surface area contributed by atoms with Gasteiger partial charge in [0, 0.05) is 50.5 Å². The molecule has 4 nitrogen and oxygen atoms in total. The van der Waals surface area contributed by atoms with Crippen molar-refractivity contribution in [2.75, 3.05) is 26.2 Å². The summed E-state index contributed by atoms with van der Waals surface area (Å²) in [5.74, 6) is -0.428. The minimum Gasteiger partial charge on any atom is -0.311 e. The first-order valence-corrected chi connectivity index (χ1v) is 9.59. The lowest BCUT2D eigenvalue weighted by Gasteiger charge is -2.42. The van der Waals surface area contributed by atoms with E-state index in [1.807, 2.05) is 19.1 Å². The van der Waals surface area contributed by atoms with Gasteiger partial charge in [-0.3, -0.25) is 14.6 Å². The average molecular weight is 359 g/mol. The van der Waals surface area contributed by atoms with Crippen molar-refractivity contribution in [3.63, 3.8) is 0 Å². The van der Waals surface area contributed by atoms with Crippen molar-refractivity contribution >= 4 is 10.8 Å². The van der Waals surface area contributed by atoms with E-state index in [4.69, 9.17) is 0 Å². The molecule has 0 amide bonds. The van der Waals surface area contributed by atoms with E-state index in [9.17, 15) is 9.18 Å². The molecule has 1 saturated heterocycles. The van der Waals surface area contributed by atoms with Gasteiger partial charge in [0.15, 0.2) is 0 Å².